The summed E-state index contributed by atoms with van der Waals surface area (Å²) in [4.78, 5) is 41.3. The molecule has 9 nitrogen and oxygen atoms in total. The van der Waals surface area contributed by atoms with Gasteiger partial charge in [-0.25, -0.2) is 9.69 Å². The van der Waals surface area contributed by atoms with Crippen molar-refractivity contribution in [1.29, 1.82) is 0 Å². The van der Waals surface area contributed by atoms with Crippen molar-refractivity contribution in [2.24, 2.45) is 0 Å². The van der Waals surface area contributed by atoms with Crippen LogP contribution < -0.4 is 25.0 Å². The first kappa shape index (κ1) is 25.8. The molecular weight excluding hydrogens is 472 g/mol. The number of fused-ring (bicyclic) bond motifs is 1. The van der Waals surface area contributed by atoms with Gasteiger partial charge in [0.2, 0.25) is 5.91 Å². The fraction of sp³-hybridized carbons (Fsp3) is 0.321. The molecule has 4 rings (SSSR count). The lowest BCUT2D eigenvalue weighted by Gasteiger charge is -2.43. The molecule has 2 heterocycles. The lowest BCUT2D eigenvalue weighted by Crippen LogP contribution is -2.44. The van der Waals surface area contributed by atoms with Crippen molar-refractivity contribution in [3.8, 4) is 11.5 Å². The highest BCUT2D eigenvalue weighted by Crippen LogP contribution is 2.42. The maximum atomic E-state index is 13.0. The number of urea groups is 1. The van der Waals surface area contributed by atoms with Crippen molar-refractivity contribution in [2.45, 2.75) is 33.2 Å². The Kier molecular flexibility index (Phi) is 6.98. The Morgan fingerprint density at radius 1 is 1.11 bits per heavy atom. The van der Waals surface area contributed by atoms with Gasteiger partial charge in [0.25, 0.3) is 5.91 Å². The predicted octanol–water partition coefficient (Wildman–Crippen LogP) is 4.26. The molecule has 0 radical (unpaired) electrons. The zero-order valence-corrected chi connectivity index (χ0v) is 22.0. The smallest absolute Gasteiger partial charge is 0.329 e. The molecule has 0 aromatic heterocycles. The van der Waals surface area contributed by atoms with Crippen LogP contribution in [0.4, 0.5) is 16.2 Å². The number of imide groups is 1. The Morgan fingerprint density at radius 2 is 1.81 bits per heavy atom. The predicted molar refractivity (Wildman–Crippen MR) is 144 cm³/mol. The van der Waals surface area contributed by atoms with Gasteiger partial charge in [-0.05, 0) is 69.7 Å². The fourth-order valence-corrected chi connectivity index (χ4v) is 4.88. The van der Waals surface area contributed by atoms with Crippen LogP contribution in [-0.4, -0.2) is 55.6 Å². The van der Waals surface area contributed by atoms with E-state index in [0.29, 0.717) is 22.7 Å². The highest BCUT2D eigenvalue weighted by atomic mass is 16.5. The molecule has 0 saturated carbocycles. The van der Waals surface area contributed by atoms with E-state index >= 15 is 0 Å². The summed E-state index contributed by atoms with van der Waals surface area (Å²) in [7, 11) is 3.12. The van der Waals surface area contributed by atoms with E-state index in [2.05, 4.69) is 49.3 Å². The maximum absolute atomic E-state index is 13.0. The molecule has 2 aromatic carbocycles. The van der Waals surface area contributed by atoms with Crippen LogP contribution in [0, 0.1) is 0 Å². The van der Waals surface area contributed by atoms with Gasteiger partial charge in [-0.1, -0.05) is 6.08 Å². The van der Waals surface area contributed by atoms with Gasteiger partial charge in [0.15, 0.2) is 0 Å². The number of carbonyl (C=O) groups excluding carboxylic acids is 3. The molecule has 2 N–H and O–H groups in total. The van der Waals surface area contributed by atoms with Crippen molar-refractivity contribution in [1.82, 2.24) is 10.2 Å². The molecule has 2 aliphatic heterocycles. The second-order valence-corrected chi connectivity index (χ2v) is 9.49. The number of hydrogen-bond donors (Lipinski definition) is 2. The first-order valence-corrected chi connectivity index (χ1v) is 12.1. The minimum Gasteiger partial charge on any atom is -0.497 e. The van der Waals surface area contributed by atoms with Crippen LogP contribution in [0.15, 0.2) is 48.2 Å². The Morgan fingerprint density at radius 3 is 2.43 bits per heavy atom. The molecule has 9 heteroatoms. The Balaban J connectivity index is 1.57. The highest BCUT2D eigenvalue weighted by molar-refractivity contribution is 6.16. The summed E-state index contributed by atoms with van der Waals surface area (Å²) in [6.07, 6.45) is 3.80. The first-order chi connectivity index (χ1) is 17.6. The van der Waals surface area contributed by atoms with E-state index in [1.54, 1.807) is 44.6 Å². The molecule has 0 spiro atoms. The molecule has 2 aromatic rings. The average molecular weight is 505 g/mol. The Labute approximate surface area is 216 Å². The monoisotopic (exact) mass is 504 g/mol. The topological polar surface area (TPSA) is 100 Å². The molecule has 0 atom stereocenters. The summed E-state index contributed by atoms with van der Waals surface area (Å²) in [6.45, 7) is 8.89. The van der Waals surface area contributed by atoms with E-state index in [9.17, 15) is 14.4 Å². The molecular formula is C28H32N4O5. The lowest BCUT2D eigenvalue weighted by molar-refractivity contribution is -0.127. The molecule has 2 aliphatic rings. The van der Waals surface area contributed by atoms with Gasteiger partial charge in [-0.3, -0.25) is 9.59 Å². The quantitative estimate of drug-likeness (QED) is 0.432. The molecule has 0 unspecified atom stereocenters. The van der Waals surface area contributed by atoms with Crippen molar-refractivity contribution in [3.63, 3.8) is 0 Å². The van der Waals surface area contributed by atoms with E-state index in [-0.39, 0.29) is 11.2 Å². The van der Waals surface area contributed by atoms with Gasteiger partial charge in [0.05, 0.1) is 19.8 Å². The van der Waals surface area contributed by atoms with Crippen LogP contribution in [0.1, 0.15) is 38.8 Å². The molecule has 194 valence electrons. The lowest BCUT2D eigenvalue weighted by atomic mass is 9.87. The van der Waals surface area contributed by atoms with Crippen LogP contribution in [0.25, 0.3) is 11.6 Å². The number of ether oxygens (including phenoxy) is 2. The van der Waals surface area contributed by atoms with E-state index in [4.69, 9.17) is 9.47 Å². The van der Waals surface area contributed by atoms with Gasteiger partial charge < -0.3 is 25.0 Å². The summed E-state index contributed by atoms with van der Waals surface area (Å²) in [5.41, 5.74) is 4.29. The van der Waals surface area contributed by atoms with Gasteiger partial charge in [-0.2, -0.15) is 0 Å². The average Bonchev–Trinajstić information content (AvgIpc) is 3.11. The zero-order valence-electron chi connectivity index (χ0n) is 22.0. The van der Waals surface area contributed by atoms with Gasteiger partial charge in [0, 0.05) is 35.1 Å². The van der Waals surface area contributed by atoms with Crippen LogP contribution in [0.2, 0.25) is 0 Å². The zero-order chi connectivity index (χ0) is 26.9. The van der Waals surface area contributed by atoms with Crippen molar-refractivity contribution in [2.75, 3.05) is 37.5 Å². The van der Waals surface area contributed by atoms with Crippen molar-refractivity contribution < 1.29 is 23.9 Å². The van der Waals surface area contributed by atoms with Gasteiger partial charge >= 0.3 is 6.03 Å². The molecule has 1 fully saturated rings. The van der Waals surface area contributed by atoms with Crippen molar-refractivity contribution in [3.05, 3.63) is 59.3 Å². The normalized spacial score (nSPS) is 17.4. The molecule has 4 amide bonds. The molecule has 0 bridgehead atoms. The minimum atomic E-state index is -0.659. The van der Waals surface area contributed by atoms with Crippen LogP contribution in [-0.2, 0) is 9.59 Å². The maximum Gasteiger partial charge on any atom is 0.329 e. The summed E-state index contributed by atoms with van der Waals surface area (Å²) < 4.78 is 10.8. The number of amides is 4. The third-order valence-corrected chi connectivity index (χ3v) is 6.58. The third kappa shape index (κ3) is 5.02. The number of carbonyl (C=O) groups is 3. The Hall–Kier alpha value is -4.27. The second-order valence-electron chi connectivity index (χ2n) is 9.49. The van der Waals surface area contributed by atoms with Crippen molar-refractivity contribution >= 4 is 40.9 Å². The molecule has 1 saturated heterocycles. The minimum absolute atomic E-state index is 0.0746. The summed E-state index contributed by atoms with van der Waals surface area (Å²) in [5.74, 6) is 0.145. The number of nitrogens with zero attached hydrogens (tertiary/aromatic N) is 2. The van der Waals surface area contributed by atoms with Crippen LogP contribution in [0.5, 0.6) is 11.5 Å². The number of allylic oxidation sites excluding steroid dienone is 1. The number of methoxy groups -OCH3 is 2. The van der Waals surface area contributed by atoms with Crippen LogP contribution in [0.3, 0.4) is 0 Å². The number of hydrogen-bond acceptors (Lipinski definition) is 6. The van der Waals surface area contributed by atoms with Crippen LogP contribution >= 0.6 is 0 Å². The SMILES string of the molecule is CCN1c2cc(OC)c(/C=C3/NC(=O)N(CC(=O)Nc4ccc(OC)cc4)C3=O)cc2C(C)=CC1(C)C. The number of likely N-dealkylation sites (N-methyl/N-ethyl adjacent to an activating group) is 1. The largest absolute Gasteiger partial charge is 0.497 e. The molecule has 37 heavy (non-hydrogen) atoms. The number of anilines is 2. The van der Waals surface area contributed by atoms with Gasteiger partial charge in [0.1, 0.15) is 23.7 Å². The van der Waals surface area contributed by atoms with E-state index in [1.807, 2.05) is 12.1 Å². The first-order valence-electron chi connectivity index (χ1n) is 12.1. The van der Waals surface area contributed by atoms with E-state index < -0.39 is 24.4 Å². The number of benzene rings is 2. The standard InChI is InChI=1S/C28H32N4O5/c1-7-32-23-14-24(37-6)18(12-21(23)17(2)15-28(32,3)4)13-22-26(34)31(27(35)30-22)16-25(33)29-19-8-10-20(36-5)11-9-19/h8-15H,7,16H2,1-6H3,(H,29,33)(H,30,35)/b22-13+. The van der Waals surface area contributed by atoms with Gasteiger partial charge in [-0.15, -0.1) is 0 Å². The van der Waals surface area contributed by atoms with E-state index in [1.165, 1.54) is 0 Å². The third-order valence-electron chi connectivity index (χ3n) is 6.58. The molecule has 0 aliphatic carbocycles. The van der Waals surface area contributed by atoms with E-state index in [0.717, 1.165) is 28.3 Å². The number of nitrogens with one attached hydrogen (secondary N) is 2. The fourth-order valence-electron chi connectivity index (χ4n) is 4.88. The highest BCUT2D eigenvalue weighted by Gasteiger charge is 2.36. The number of rotatable bonds is 7. The summed E-state index contributed by atoms with van der Waals surface area (Å²) >= 11 is 0. The summed E-state index contributed by atoms with van der Waals surface area (Å²) in [5, 5.41) is 5.26. The Bertz CT molecular complexity index is 1310. The second kappa shape index (κ2) is 10.0. The summed E-state index contributed by atoms with van der Waals surface area (Å²) in [6, 6.07) is 10.0.